The number of aromatic amines is 1. The van der Waals surface area contributed by atoms with E-state index in [1.807, 2.05) is 19.1 Å². The van der Waals surface area contributed by atoms with Gasteiger partial charge < -0.3 is 24.0 Å². The van der Waals surface area contributed by atoms with Crippen LogP contribution in [0.3, 0.4) is 0 Å². The maximum absolute atomic E-state index is 14.9. The molecule has 0 saturated heterocycles. The summed E-state index contributed by atoms with van der Waals surface area (Å²) in [5, 5.41) is 0.771. The van der Waals surface area contributed by atoms with Crippen LogP contribution in [0.25, 0.3) is 10.9 Å². The third-order valence-electron chi connectivity index (χ3n) is 5.88. The van der Waals surface area contributed by atoms with Crippen molar-refractivity contribution in [3.05, 3.63) is 63.0 Å². The van der Waals surface area contributed by atoms with E-state index in [4.69, 9.17) is 14.2 Å². The zero-order valence-electron chi connectivity index (χ0n) is 18.5. The summed E-state index contributed by atoms with van der Waals surface area (Å²) in [4.78, 5) is 26.5. The van der Waals surface area contributed by atoms with Crippen molar-refractivity contribution < 1.29 is 28.2 Å². The maximum atomic E-state index is 14.9. The number of carbonyl (C=O) groups excluding carboxylic acids is 2. The molecule has 4 rings (SSSR count). The van der Waals surface area contributed by atoms with Crippen LogP contribution in [0.4, 0.5) is 4.39 Å². The second-order valence-electron chi connectivity index (χ2n) is 7.95. The number of H-pyrrole nitrogens is 1. The number of hydrogen-bond donors (Lipinski definition) is 1. The van der Waals surface area contributed by atoms with Gasteiger partial charge >= 0.3 is 5.97 Å². The van der Waals surface area contributed by atoms with Gasteiger partial charge in [-0.25, -0.2) is 4.39 Å². The number of halogens is 2. The molecule has 0 saturated carbocycles. The van der Waals surface area contributed by atoms with Crippen molar-refractivity contribution in [1.29, 1.82) is 0 Å². The van der Waals surface area contributed by atoms with Crippen molar-refractivity contribution in [3.63, 3.8) is 0 Å². The molecule has 1 atom stereocenters. The van der Waals surface area contributed by atoms with Gasteiger partial charge in [0.1, 0.15) is 23.5 Å². The fourth-order valence-corrected chi connectivity index (χ4v) is 4.96. The predicted molar refractivity (Wildman–Crippen MR) is 125 cm³/mol. The van der Waals surface area contributed by atoms with Crippen LogP contribution in [0, 0.1) is 12.7 Å². The summed E-state index contributed by atoms with van der Waals surface area (Å²) in [6, 6.07) is 8.68. The number of aldehydes is 1. The molecular formula is C25H25BrFNO5. The number of hydrogen-bond acceptors (Lipinski definition) is 5. The van der Waals surface area contributed by atoms with E-state index in [0.29, 0.717) is 36.4 Å². The van der Waals surface area contributed by atoms with Gasteiger partial charge in [0, 0.05) is 16.3 Å². The highest BCUT2D eigenvalue weighted by atomic mass is 79.9. The number of carbonyl (C=O) groups is 2. The minimum Gasteiger partial charge on any atom is -0.493 e. The molecule has 1 aliphatic rings. The second-order valence-corrected chi connectivity index (χ2v) is 8.75. The number of aryl methyl sites for hydroxylation is 1. The van der Waals surface area contributed by atoms with Crippen molar-refractivity contribution >= 4 is 39.1 Å². The summed E-state index contributed by atoms with van der Waals surface area (Å²) in [6.07, 6.45) is 1.61. The van der Waals surface area contributed by atoms with E-state index in [1.54, 1.807) is 19.1 Å². The molecule has 33 heavy (non-hydrogen) atoms. The van der Waals surface area contributed by atoms with Crippen molar-refractivity contribution in [3.8, 4) is 5.75 Å². The van der Waals surface area contributed by atoms with Gasteiger partial charge in [0.05, 0.1) is 37.5 Å². The lowest BCUT2D eigenvalue weighted by atomic mass is 9.82. The highest BCUT2D eigenvalue weighted by molar-refractivity contribution is 9.10. The molecule has 2 heterocycles. The fourth-order valence-electron chi connectivity index (χ4n) is 4.41. The lowest BCUT2D eigenvalue weighted by Crippen LogP contribution is -2.39. The van der Waals surface area contributed by atoms with Crippen LogP contribution in [0.15, 0.2) is 34.8 Å². The predicted octanol–water partition coefficient (Wildman–Crippen LogP) is 5.12. The molecule has 3 aromatic rings. The van der Waals surface area contributed by atoms with Crippen molar-refractivity contribution in [2.45, 2.75) is 38.7 Å². The van der Waals surface area contributed by atoms with E-state index in [-0.39, 0.29) is 25.5 Å². The second kappa shape index (κ2) is 9.65. The first-order chi connectivity index (χ1) is 15.9. The molecule has 0 amide bonds. The summed E-state index contributed by atoms with van der Waals surface area (Å²) in [5.41, 5.74) is 2.29. The molecule has 1 N–H and O–H groups in total. The molecule has 2 aromatic carbocycles. The quantitative estimate of drug-likeness (QED) is 0.255. The number of ether oxygens (including phenoxy) is 3. The Morgan fingerprint density at radius 3 is 2.79 bits per heavy atom. The SMILES string of the molecule is CCOC(=O)CC1(c2ccc(OCCC=O)cc2)OCCc2c1[nH]c1c(F)cc(C)c(Br)c21. The first-order valence-electron chi connectivity index (χ1n) is 10.9. The summed E-state index contributed by atoms with van der Waals surface area (Å²) in [7, 11) is 0. The first kappa shape index (κ1) is 23.4. The van der Waals surface area contributed by atoms with Crippen molar-refractivity contribution in [1.82, 2.24) is 4.98 Å². The van der Waals surface area contributed by atoms with E-state index >= 15 is 0 Å². The standard InChI is InChI=1S/C25H25BrFNO5/c1-3-31-20(30)14-25(16-5-7-17(8-6-16)32-11-4-10-29)24-18(9-12-33-25)21-22(26)15(2)13-19(27)23(21)28-24/h5-8,10,13,28H,3-4,9,11-12,14H2,1-2H3. The van der Waals surface area contributed by atoms with Gasteiger partial charge in [0.25, 0.3) is 0 Å². The van der Waals surface area contributed by atoms with Gasteiger partial charge in [-0.3, -0.25) is 4.79 Å². The number of fused-ring (bicyclic) bond motifs is 3. The third-order valence-corrected chi connectivity index (χ3v) is 6.90. The van der Waals surface area contributed by atoms with Crippen molar-refractivity contribution in [2.24, 2.45) is 0 Å². The molecule has 0 fully saturated rings. The van der Waals surface area contributed by atoms with Crippen LogP contribution in [-0.2, 0) is 31.1 Å². The summed E-state index contributed by atoms with van der Waals surface area (Å²) in [6.45, 7) is 4.49. The molecule has 1 aromatic heterocycles. The minimum absolute atomic E-state index is 0.0653. The van der Waals surface area contributed by atoms with E-state index < -0.39 is 11.6 Å². The lowest BCUT2D eigenvalue weighted by molar-refractivity contribution is -0.151. The number of rotatable bonds is 8. The fraction of sp³-hybridized carbons (Fsp3) is 0.360. The Balaban J connectivity index is 1.86. The van der Waals surface area contributed by atoms with E-state index in [0.717, 1.165) is 32.8 Å². The van der Waals surface area contributed by atoms with Crippen LogP contribution in [0.2, 0.25) is 0 Å². The zero-order valence-corrected chi connectivity index (χ0v) is 20.1. The monoisotopic (exact) mass is 517 g/mol. The Morgan fingerprint density at radius 1 is 1.33 bits per heavy atom. The largest absolute Gasteiger partial charge is 0.493 e. The van der Waals surface area contributed by atoms with Gasteiger partial charge in [0.2, 0.25) is 0 Å². The molecule has 0 aliphatic carbocycles. The number of aromatic nitrogens is 1. The Hall–Kier alpha value is -2.71. The zero-order chi connectivity index (χ0) is 23.6. The lowest BCUT2D eigenvalue weighted by Gasteiger charge is -2.37. The normalized spacial score (nSPS) is 17.6. The Kier molecular flexibility index (Phi) is 6.86. The van der Waals surface area contributed by atoms with Crippen molar-refractivity contribution in [2.75, 3.05) is 19.8 Å². The third kappa shape index (κ3) is 4.29. The summed E-state index contributed by atoms with van der Waals surface area (Å²) in [5.74, 6) is -0.168. The maximum Gasteiger partial charge on any atom is 0.309 e. The van der Waals surface area contributed by atoms with Gasteiger partial charge in [0.15, 0.2) is 0 Å². The van der Waals surface area contributed by atoms with Crippen LogP contribution >= 0.6 is 15.9 Å². The minimum atomic E-state index is -1.17. The van der Waals surface area contributed by atoms with Gasteiger partial charge in [-0.1, -0.05) is 12.1 Å². The number of esters is 1. The molecule has 6 nitrogen and oxygen atoms in total. The summed E-state index contributed by atoms with van der Waals surface area (Å²) < 4.78 is 32.9. The molecule has 0 spiro atoms. The highest BCUT2D eigenvalue weighted by Gasteiger charge is 2.45. The number of nitrogens with one attached hydrogen (secondary N) is 1. The molecule has 174 valence electrons. The molecule has 1 unspecified atom stereocenters. The van der Waals surface area contributed by atoms with Crippen LogP contribution in [0.1, 0.15) is 42.1 Å². The summed E-state index contributed by atoms with van der Waals surface area (Å²) >= 11 is 3.62. The van der Waals surface area contributed by atoms with E-state index in [1.165, 1.54) is 6.07 Å². The Labute approximate surface area is 199 Å². The van der Waals surface area contributed by atoms with E-state index in [9.17, 15) is 14.0 Å². The van der Waals surface area contributed by atoms with Crippen LogP contribution in [-0.4, -0.2) is 37.1 Å². The first-order valence-corrected chi connectivity index (χ1v) is 11.7. The Bertz CT molecular complexity index is 1190. The number of benzene rings is 2. The Morgan fingerprint density at radius 2 is 2.09 bits per heavy atom. The smallest absolute Gasteiger partial charge is 0.309 e. The van der Waals surface area contributed by atoms with Gasteiger partial charge in [-0.15, -0.1) is 0 Å². The van der Waals surface area contributed by atoms with Crippen LogP contribution < -0.4 is 4.74 Å². The molecule has 0 bridgehead atoms. The van der Waals surface area contributed by atoms with E-state index in [2.05, 4.69) is 20.9 Å². The van der Waals surface area contributed by atoms with Crippen LogP contribution in [0.5, 0.6) is 5.75 Å². The highest BCUT2D eigenvalue weighted by Crippen LogP contribution is 2.46. The molecular weight excluding hydrogens is 493 g/mol. The molecule has 1 aliphatic heterocycles. The average Bonchev–Trinajstić information content (AvgIpc) is 3.20. The topological polar surface area (TPSA) is 77.6 Å². The van der Waals surface area contributed by atoms with Gasteiger partial charge in [-0.05, 0) is 71.1 Å². The van der Waals surface area contributed by atoms with Gasteiger partial charge in [-0.2, -0.15) is 0 Å². The molecule has 0 radical (unpaired) electrons. The molecule has 8 heteroatoms. The average molecular weight is 518 g/mol.